The number of carbonyl (C=O) groups excluding carboxylic acids is 2. The largest absolute Gasteiger partial charge is 0.872 e. The second-order valence-electron chi connectivity index (χ2n) is 9.58. The molecule has 0 saturated carbocycles. The zero-order chi connectivity index (χ0) is 25.1. The molecule has 1 saturated heterocycles. The van der Waals surface area contributed by atoms with Gasteiger partial charge in [-0.1, -0.05) is 43.0 Å². The Morgan fingerprint density at radius 2 is 1.80 bits per heavy atom. The van der Waals surface area contributed by atoms with Gasteiger partial charge in [0, 0.05) is 25.0 Å². The first-order valence-electron chi connectivity index (χ1n) is 12.9. The molecule has 2 aliphatic rings. The zero-order valence-corrected chi connectivity index (χ0v) is 21.2. The molecule has 1 amide bonds. The van der Waals surface area contributed by atoms with Gasteiger partial charge >= 0.3 is 0 Å². The minimum Gasteiger partial charge on any atom is -0.872 e. The molecule has 2 heterocycles. The van der Waals surface area contributed by atoms with Crippen LogP contribution in [-0.2, 0) is 22.4 Å². The van der Waals surface area contributed by atoms with Gasteiger partial charge < -0.3 is 19.6 Å². The number of ketones is 1. The van der Waals surface area contributed by atoms with Crippen molar-refractivity contribution in [3.05, 3.63) is 70.3 Å². The van der Waals surface area contributed by atoms with Crippen molar-refractivity contribution >= 4 is 17.4 Å². The lowest BCUT2D eigenvalue weighted by Gasteiger charge is -2.28. The third kappa shape index (κ3) is 4.98. The maximum absolute atomic E-state index is 13.7. The Kier molecular flexibility index (Phi) is 7.60. The first-order valence-corrected chi connectivity index (χ1v) is 12.9. The number of fused-ring (bicyclic) bond motifs is 1. The number of hydrogen-bond donors (Lipinski definition) is 1. The van der Waals surface area contributed by atoms with E-state index >= 15 is 0 Å². The molecule has 2 atom stereocenters. The average Bonchev–Trinajstić information content (AvgIpc) is 3.37. The highest BCUT2D eigenvalue weighted by molar-refractivity contribution is 6.46. The summed E-state index contributed by atoms with van der Waals surface area (Å²) in [6.45, 7) is 11.8. The predicted octanol–water partition coefficient (Wildman–Crippen LogP) is 2.11. The molecule has 2 aromatic rings. The van der Waals surface area contributed by atoms with E-state index in [9.17, 15) is 14.7 Å². The number of hydrogen-bond acceptors (Lipinski definition) is 4. The maximum Gasteiger partial charge on any atom is 0.295 e. The number of quaternary nitrogens is 1. The number of rotatable bonds is 9. The van der Waals surface area contributed by atoms with E-state index in [1.807, 2.05) is 37.3 Å². The number of likely N-dealkylation sites (tertiary alicyclic amines) is 1. The van der Waals surface area contributed by atoms with E-state index in [-0.39, 0.29) is 17.4 Å². The summed E-state index contributed by atoms with van der Waals surface area (Å²) >= 11 is 0. The molecule has 0 aromatic heterocycles. The topological polar surface area (TPSA) is 74.1 Å². The lowest BCUT2D eigenvalue weighted by molar-refractivity contribution is -0.896. The number of ether oxygens (including phenoxy) is 1. The minimum absolute atomic E-state index is 0.0568. The fourth-order valence-electron chi connectivity index (χ4n) is 5.20. The molecule has 0 spiro atoms. The number of Topliss-reactive ketones (excluding diaryl/α,β-unsaturated/α-hetero) is 1. The molecule has 4 rings (SSSR count). The number of nitrogens with zero attached hydrogens (tertiary/aromatic N) is 1. The molecule has 0 aliphatic carbocycles. The quantitative estimate of drug-likeness (QED) is 0.342. The Labute approximate surface area is 208 Å². The van der Waals surface area contributed by atoms with Gasteiger partial charge in [-0.3, -0.25) is 9.59 Å². The Balaban J connectivity index is 1.73. The summed E-state index contributed by atoms with van der Waals surface area (Å²) < 4.78 is 5.77. The molecule has 2 aliphatic heterocycles. The van der Waals surface area contributed by atoms with E-state index in [1.165, 1.54) is 10.5 Å². The van der Waals surface area contributed by atoms with Crippen molar-refractivity contribution in [2.75, 3.05) is 26.2 Å². The second-order valence-corrected chi connectivity index (χ2v) is 9.58. The van der Waals surface area contributed by atoms with E-state index in [0.717, 1.165) is 55.8 Å². The Hall–Kier alpha value is -3.12. The molecule has 186 valence electrons. The summed E-state index contributed by atoms with van der Waals surface area (Å²) in [5.74, 6) is -0.849. The summed E-state index contributed by atoms with van der Waals surface area (Å²) in [7, 11) is 0. The van der Waals surface area contributed by atoms with Gasteiger partial charge in [-0.2, -0.15) is 0 Å². The van der Waals surface area contributed by atoms with E-state index in [1.54, 1.807) is 17.0 Å². The molecule has 35 heavy (non-hydrogen) atoms. The molecule has 2 unspecified atom stereocenters. The van der Waals surface area contributed by atoms with Crippen LogP contribution < -0.4 is 14.7 Å². The lowest BCUT2D eigenvalue weighted by Crippen LogP contribution is -3.11. The Bertz CT molecular complexity index is 1120. The molecular weight excluding hydrogens is 440 g/mol. The van der Waals surface area contributed by atoms with Gasteiger partial charge in [-0.05, 0) is 61.6 Å². The number of carbonyl (C=O) groups is 2. The van der Waals surface area contributed by atoms with Crippen LogP contribution in [0.15, 0.2) is 48.0 Å². The maximum atomic E-state index is 13.7. The van der Waals surface area contributed by atoms with Gasteiger partial charge in [0.2, 0.25) is 5.78 Å². The average molecular weight is 477 g/mol. The van der Waals surface area contributed by atoms with Gasteiger partial charge in [-0.25, -0.2) is 0 Å². The van der Waals surface area contributed by atoms with Gasteiger partial charge in [-0.15, -0.1) is 0 Å². The first kappa shape index (κ1) is 25.0. The van der Waals surface area contributed by atoms with E-state index in [4.69, 9.17) is 4.74 Å². The Morgan fingerprint density at radius 3 is 2.46 bits per heavy atom. The minimum atomic E-state index is -0.681. The van der Waals surface area contributed by atoms with Crippen LogP contribution in [0.4, 0.5) is 0 Å². The summed E-state index contributed by atoms with van der Waals surface area (Å²) in [5.41, 5.74) is 3.42. The van der Waals surface area contributed by atoms with Crippen LogP contribution in [0, 0.1) is 0 Å². The SMILES string of the molecule is CCc1ccc(C2C(=C([O-])c3ccc4c(c3)CC(C)O4)C(=O)C(=O)N2CCC[NH+](CC)CC)cc1. The van der Waals surface area contributed by atoms with E-state index < -0.39 is 17.7 Å². The van der Waals surface area contributed by atoms with E-state index in [0.29, 0.717) is 12.1 Å². The monoisotopic (exact) mass is 476 g/mol. The smallest absolute Gasteiger partial charge is 0.295 e. The highest BCUT2D eigenvalue weighted by Crippen LogP contribution is 2.40. The first-order chi connectivity index (χ1) is 16.9. The molecule has 1 fully saturated rings. The molecular formula is C29H36N2O4. The van der Waals surface area contributed by atoms with Crippen molar-refractivity contribution in [3.63, 3.8) is 0 Å². The lowest BCUT2D eigenvalue weighted by atomic mass is 9.93. The Morgan fingerprint density at radius 1 is 1.09 bits per heavy atom. The summed E-state index contributed by atoms with van der Waals surface area (Å²) in [4.78, 5) is 29.5. The summed E-state index contributed by atoms with van der Waals surface area (Å²) in [5, 5.41) is 13.7. The van der Waals surface area contributed by atoms with Crippen LogP contribution >= 0.6 is 0 Å². The normalized spacial score (nSPS) is 21.0. The third-order valence-electron chi connectivity index (χ3n) is 7.32. The van der Waals surface area contributed by atoms with Crippen LogP contribution in [-0.4, -0.2) is 48.9 Å². The summed E-state index contributed by atoms with van der Waals surface area (Å²) in [6.07, 6.45) is 2.45. The highest BCUT2D eigenvalue weighted by Gasteiger charge is 2.44. The second kappa shape index (κ2) is 10.6. The zero-order valence-electron chi connectivity index (χ0n) is 21.2. The van der Waals surface area contributed by atoms with Crippen LogP contribution in [0.25, 0.3) is 5.76 Å². The van der Waals surface area contributed by atoms with Crippen LogP contribution in [0.2, 0.25) is 0 Å². The van der Waals surface area contributed by atoms with Crippen LogP contribution in [0.3, 0.4) is 0 Å². The van der Waals surface area contributed by atoms with Crippen molar-refractivity contribution in [1.82, 2.24) is 4.90 Å². The van der Waals surface area contributed by atoms with Gasteiger partial charge in [0.1, 0.15) is 11.9 Å². The number of benzene rings is 2. The molecule has 6 nitrogen and oxygen atoms in total. The molecule has 2 aromatic carbocycles. The summed E-state index contributed by atoms with van der Waals surface area (Å²) in [6, 6.07) is 12.6. The van der Waals surface area contributed by atoms with Crippen molar-refractivity contribution in [1.29, 1.82) is 0 Å². The predicted molar refractivity (Wildman–Crippen MR) is 134 cm³/mol. The highest BCUT2D eigenvalue weighted by atomic mass is 16.5. The fourth-order valence-corrected chi connectivity index (χ4v) is 5.20. The van der Waals surface area contributed by atoms with Gasteiger partial charge in [0.25, 0.3) is 5.91 Å². The van der Waals surface area contributed by atoms with Crippen molar-refractivity contribution in [2.24, 2.45) is 0 Å². The van der Waals surface area contributed by atoms with E-state index in [2.05, 4.69) is 20.8 Å². The third-order valence-corrected chi connectivity index (χ3v) is 7.32. The van der Waals surface area contributed by atoms with Crippen molar-refractivity contribution < 1.29 is 24.3 Å². The number of aryl methyl sites for hydroxylation is 1. The molecule has 0 radical (unpaired) electrons. The molecule has 1 N–H and O–H groups in total. The van der Waals surface area contributed by atoms with Crippen LogP contribution in [0.1, 0.15) is 62.4 Å². The van der Waals surface area contributed by atoms with Gasteiger partial charge in [0.05, 0.1) is 25.7 Å². The van der Waals surface area contributed by atoms with Crippen LogP contribution in [0.5, 0.6) is 5.75 Å². The standard InChI is InChI=1S/C29H36N2O4/c1-5-20-9-11-21(12-10-20)26-25(27(32)22-13-14-24-23(18-22)17-19(4)35-24)28(33)29(34)31(26)16-8-15-30(6-2)7-3/h9-14,18-19,26,32H,5-8,15-17H2,1-4H3. The van der Waals surface area contributed by atoms with Crippen molar-refractivity contribution in [2.45, 2.75) is 59.1 Å². The fraction of sp³-hybridized carbons (Fsp3) is 0.448. The molecule has 6 heteroatoms. The number of nitrogens with one attached hydrogen (secondary N) is 1. The number of amides is 1. The molecule has 0 bridgehead atoms. The van der Waals surface area contributed by atoms with Gasteiger partial charge in [0.15, 0.2) is 0 Å². The van der Waals surface area contributed by atoms with Crippen molar-refractivity contribution in [3.8, 4) is 5.75 Å².